The zero-order valence-electron chi connectivity index (χ0n) is 16.6. The lowest BCUT2D eigenvalue weighted by Crippen LogP contribution is -2.05. The number of aromatic nitrogens is 2. The standard InChI is InChI=1S/C20H23ClN3O5P/c1-13(2)28-18-9-6-15(12-17(18)21)19-23-20(29-24-19)14-4-7-16(8-5-14)22-10-3-11-30(25,26)27/h4-9,12-13,22H,3,10-11H2,1-2H3,(H2,25,26,27). The van der Waals surface area contributed by atoms with E-state index in [9.17, 15) is 4.57 Å². The molecule has 3 aromatic rings. The van der Waals surface area contributed by atoms with Crippen LogP contribution in [0.3, 0.4) is 0 Å². The highest BCUT2D eigenvalue weighted by Gasteiger charge is 2.14. The third-order valence-electron chi connectivity index (χ3n) is 4.07. The van der Waals surface area contributed by atoms with Gasteiger partial charge in [0.05, 0.1) is 17.3 Å². The van der Waals surface area contributed by atoms with Crippen molar-refractivity contribution in [3.63, 3.8) is 0 Å². The summed E-state index contributed by atoms with van der Waals surface area (Å²) in [6, 6.07) is 12.7. The van der Waals surface area contributed by atoms with Crippen LogP contribution in [0.15, 0.2) is 47.0 Å². The number of hydrogen-bond donors (Lipinski definition) is 3. The van der Waals surface area contributed by atoms with Gasteiger partial charge in [0, 0.05) is 23.4 Å². The number of benzene rings is 2. The van der Waals surface area contributed by atoms with Crippen LogP contribution in [0.1, 0.15) is 20.3 Å². The third kappa shape index (κ3) is 6.31. The summed E-state index contributed by atoms with van der Waals surface area (Å²) in [5.41, 5.74) is 2.30. The van der Waals surface area contributed by atoms with Gasteiger partial charge in [0.1, 0.15) is 5.75 Å². The summed E-state index contributed by atoms with van der Waals surface area (Å²) >= 11 is 6.28. The Labute approximate surface area is 179 Å². The molecule has 2 aromatic carbocycles. The topological polar surface area (TPSA) is 118 Å². The molecule has 0 aliphatic rings. The van der Waals surface area contributed by atoms with Crippen molar-refractivity contribution < 1.29 is 23.6 Å². The van der Waals surface area contributed by atoms with Gasteiger partial charge in [-0.3, -0.25) is 4.57 Å². The maximum Gasteiger partial charge on any atom is 0.325 e. The van der Waals surface area contributed by atoms with Crippen molar-refractivity contribution in [2.24, 2.45) is 0 Å². The summed E-state index contributed by atoms with van der Waals surface area (Å²) in [7, 11) is -3.95. The smallest absolute Gasteiger partial charge is 0.325 e. The van der Waals surface area contributed by atoms with Crippen LogP contribution >= 0.6 is 19.2 Å². The van der Waals surface area contributed by atoms with Crippen molar-refractivity contribution in [2.45, 2.75) is 26.4 Å². The first-order valence-corrected chi connectivity index (χ1v) is 11.6. The maximum atomic E-state index is 10.9. The van der Waals surface area contributed by atoms with Gasteiger partial charge in [0.25, 0.3) is 5.89 Å². The second-order valence-electron chi connectivity index (χ2n) is 6.98. The number of hydrogen-bond acceptors (Lipinski definition) is 6. The van der Waals surface area contributed by atoms with Crippen molar-refractivity contribution >= 4 is 24.9 Å². The van der Waals surface area contributed by atoms with Crippen molar-refractivity contribution in [2.75, 3.05) is 18.0 Å². The maximum absolute atomic E-state index is 10.9. The molecule has 0 radical (unpaired) electrons. The summed E-state index contributed by atoms with van der Waals surface area (Å²) in [6.45, 7) is 4.32. The van der Waals surface area contributed by atoms with Crippen LogP contribution in [0.2, 0.25) is 5.02 Å². The van der Waals surface area contributed by atoms with Gasteiger partial charge in [-0.25, -0.2) is 0 Å². The molecule has 3 rings (SSSR count). The van der Waals surface area contributed by atoms with Crippen molar-refractivity contribution in [1.29, 1.82) is 0 Å². The van der Waals surface area contributed by atoms with E-state index < -0.39 is 7.60 Å². The fourth-order valence-corrected chi connectivity index (χ4v) is 3.49. The minimum Gasteiger partial charge on any atom is -0.489 e. The van der Waals surface area contributed by atoms with E-state index >= 15 is 0 Å². The molecule has 0 aliphatic heterocycles. The van der Waals surface area contributed by atoms with Gasteiger partial charge in [-0.1, -0.05) is 16.8 Å². The number of rotatable bonds is 9. The molecule has 0 spiro atoms. The SMILES string of the molecule is CC(C)Oc1ccc(-c2noc(-c3ccc(NCCCP(=O)(O)O)cc3)n2)cc1Cl. The highest BCUT2D eigenvalue weighted by molar-refractivity contribution is 7.51. The first-order chi connectivity index (χ1) is 14.2. The lowest BCUT2D eigenvalue weighted by Gasteiger charge is -2.11. The molecule has 0 saturated carbocycles. The van der Waals surface area contributed by atoms with Crippen LogP contribution in [0.4, 0.5) is 5.69 Å². The highest BCUT2D eigenvalue weighted by atomic mass is 35.5. The summed E-state index contributed by atoms with van der Waals surface area (Å²) < 4.78 is 21.9. The largest absolute Gasteiger partial charge is 0.489 e. The molecule has 0 aliphatic carbocycles. The van der Waals surface area contributed by atoms with Crippen LogP contribution in [0.25, 0.3) is 22.8 Å². The molecule has 3 N–H and O–H groups in total. The van der Waals surface area contributed by atoms with Crippen molar-refractivity contribution in [1.82, 2.24) is 10.1 Å². The molecule has 0 atom stereocenters. The molecule has 1 heterocycles. The normalized spacial score (nSPS) is 11.7. The van der Waals surface area contributed by atoms with Gasteiger partial charge in [-0.2, -0.15) is 4.98 Å². The van der Waals surface area contributed by atoms with Gasteiger partial charge in [-0.15, -0.1) is 0 Å². The second-order valence-corrected chi connectivity index (χ2v) is 9.16. The summed E-state index contributed by atoms with van der Waals surface area (Å²) in [6.07, 6.45) is 0.258. The first kappa shape index (κ1) is 22.3. The quantitative estimate of drug-likeness (QED) is 0.313. The van der Waals surface area contributed by atoms with Crippen LogP contribution in [-0.2, 0) is 4.57 Å². The number of nitrogens with zero attached hydrogens (tertiary/aromatic N) is 2. The Morgan fingerprint density at radius 3 is 2.50 bits per heavy atom. The predicted octanol–water partition coefficient (Wildman–Crippen LogP) is 4.82. The van der Waals surface area contributed by atoms with Gasteiger partial charge in [0.15, 0.2) is 0 Å². The number of halogens is 1. The van der Waals surface area contributed by atoms with Crippen LogP contribution in [0, 0.1) is 0 Å². The minimum absolute atomic E-state index is 0.0219. The van der Waals surface area contributed by atoms with Crippen molar-refractivity contribution in [3.8, 4) is 28.6 Å². The Hall–Kier alpha value is -2.38. The lowest BCUT2D eigenvalue weighted by atomic mass is 10.2. The van der Waals surface area contributed by atoms with E-state index in [1.54, 1.807) is 12.1 Å². The van der Waals surface area contributed by atoms with Crippen LogP contribution < -0.4 is 10.1 Å². The Morgan fingerprint density at radius 2 is 1.87 bits per heavy atom. The van der Waals surface area contributed by atoms with E-state index in [0.29, 0.717) is 35.5 Å². The molecular formula is C20H23ClN3O5P. The Morgan fingerprint density at radius 1 is 1.17 bits per heavy atom. The lowest BCUT2D eigenvalue weighted by molar-refractivity contribution is 0.242. The van der Waals surface area contributed by atoms with Gasteiger partial charge in [-0.05, 0) is 62.7 Å². The first-order valence-electron chi connectivity index (χ1n) is 9.40. The zero-order chi connectivity index (χ0) is 21.7. The number of nitrogens with one attached hydrogen (secondary N) is 1. The average molecular weight is 452 g/mol. The molecule has 0 saturated heterocycles. The fraction of sp³-hybridized carbons (Fsp3) is 0.300. The van der Waals surface area contributed by atoms with Crippen LogP contribution in [-0.4, -0.2) is 38.7 Å². The molecule has 1 aromatic heterocycles. The van der Waals surface area contributed by atoms with E-state index in [0.717, 1.165) is 16.8 Å². The van der Waals surface area contributed by atoms with E-state index in [1.807, 2.05) is 44.2 Å². The Balaban J connectivity index is 1.64. The Bertz CT molecular complexity index is 1030. The Kier molecular flexibility index (Phi) is 7.15. The molecule has 0 bridgehead atoms. The minimum atomic E-state index is -3.95. The molecule has 160 valence electrons. The second kappa shape index (κ2) is 9.62. The highest BCUT2D eigenvalue weighted by Crippen LogP contribution is 2.35. The van der Waals surface area contributed by atoms with Crippen LogP contribution in [0.5, 0.6) is 5.75 Å². The van der Waals surface area contributed by atoms with E-state index in [-0.39, 0.29) is 12.3 Å². The molecule has 0 fully saturated rings. The van der Waals surface area contributed by atoms with E-state index in [2.05, 4.69) is 15.5 Å². The zero-order valence-corrected chi connectivity index (χ0v) is 18.2. The average Bonchev–Trinajstić information content (AvgIpc) is 3.16. The molecule has 8 nitrogen and oxygen atoms in total. The van der Waals surface area contributed by atoms with Gasteiger partial charge in [0.2, 0.25) is 5.82 Å². The molecule has 10 heteroatoms. The van der Waals surface area contributed by atoms with E-state index in [1.165, 1.54) is 0 Å². The van der Waals surface area contributed by atoms with Gasteiger partial charge >= 0.3 is 7.60 Å². The molecule has 0 unspecified atom stereocenters. The molecular weight excluding hydrogens is 429 g/mol. The van der Waals surface area contributed by atoms with Crippen molar-refractivity contribution in [3.05, 3.63) is 47.5 Å². The fourth-order valence-electron chi connectivity index (χ4n) is 2.70. The predicted molar refractivity (Wildman–Crippen MR) is 116 cm³/mol. The number of ether oxygens (including phenoxy) is 1. The van der Waals surface area contributed by atoms with E-state index in [4.69, 9.17) is 30.6 Å². The third-order valence-corrected chi connectivity index (χ3v) is 5.26. The summed E-state index contributed by atoms with van der Waals surface area (Å²) in [4.78, 5) is 22.2. The number of anilines is 1. The van der Waals surface area contributed by atoms with Gasteiger partial charge < -0.3 is 24.4 Å². The molecule has 30 heavy (non-hydrogen) atoms. The summed E-state index contributed by atoms with van der Waals surface area (Å²) in [5.74, 6) is 1.39. The monoisotopic (exact) mass is 451 g/mol. The summed E-state index contributed by atoms with van der Waals surface area (Å²) in [5, 5.41) is 7.61. The molecule has 0 amide bonds.